The molecular weight excluding hydrogens is 360 g/mol. The molecule has 0 radical (unpaired) electrons. The van der Waals surface area contributed by atoms with Crippen LogP contribution < -0.4 is 10.6 Å². The molecule has 0 bridgehead atoms. The van der Waals surface area contributed by atoms with Gasteiger partial charge < -0.3 is 15.2 Å². The molecule has 142 valence electrons. The Balaban J connectivity index is 1.60. The first-order chi connectivity index (χ1) is 13.4. The van der Waals surface area contributed by atoms with Crippen LogP contribution in [0.3, 0.4) is 0 Å². The smallest absolute Gasteiger partial charge is 0.325 e. The van der Waals surface area contributed by atoms with Gasteiger partial charge >= 0.3 is 6.03 Å². The standard InChI is InChI=1S/C20H18N4O4/c1-12-10-16(23-28-12)21-17(25)11-24-18(26)20(2,22-19(24)27)15-9-5-7-13-6-3-4-8-14(13)15/h3-10H,11H2,1-2H3,(H,22,27)(H,21,23,25). The summed E-state index contributed by atoms with van der Waals surface area (Å²) < 4.78 is 4.88. The van der Waals surface area contributed by atoms with Crippen molar-refractivity contribution in [1.82, 2.24) is 15.4 Å². The molecule has 0 spiro atoms. The number of carbonyl (C=O) groups is 3. The van der Waals surface area contributed by atoms with E-state index in [1.165, 1.54) is 0 Å². The number of benzene rings is 2. The summed E-state index contributed by atoms with van der Waals surface area (Å²) >= 11 is 0. The summed E-state index contributed by atoms with van der Waals surface area (Å²) in [5.41, 5.74) is -0.582. The van der Waals surface area contributed by atoms with E-state index < -0.39 is 29.9 Å². The second-order valence-electron chi connectivity index (χ2n) is 6.84. The molecule has 8 heteroatoms. The normalized spacial score (nSPS) is 19.1. The van der Waals surface area contributed by atoms with Crippen molar-refractivity contribution in [3.63, 3.8) is 0 Å². The van der Waals surface area contributed by atoms with Gasteiger partial charge in [-0.15, -0.1) is 0 Å². The molecule has 2 aromatic carbocycles. The van der Waals surface area contributed by atoms with E-state index in [-0.39, 0.29) is 5.82 Å². The van der Waals surface area contributed by atoms with Gasteiger partial charge in [-0.25, -0.2) is 4.79 Å². The van der Waals surface area contributed by atoms with Gasteiger partial charge in [-0.05, 0) is 30.2 Å². The number of anilines is 1. The monoisotopic (exact) mass is 378 g/mol. The molecule has 4 rings (SSSR count). The Morgan fingerprint density at radius 1 is 1.21 bits per heavy atom. The van der Waals surface area contributed by atoms with Crippen LogP contribution in [0.4, 0.5) is 10.6 Å². The van der Waals surface area contributed by atoms with Gasteiger partial charge in [0.25, 0.3) is 5.91 Å². The van der Waals surface area contributed by atoms with E-state index in [1.807, 2.05) is 42.5 Å². The van der Waals surface area contributed by atoms with Crippen LogP contribution in [0.25, 0.3) is 10.8 Å². The molecule has 8 nitrogen and oxygen atoms in total. The highest BCUT2D eigenvalue weighted by molar-refractivity contribution is 6.11. The predicted octanol–water partition coefficient (Wildman–Crippen LogP) is 2.54. The van der Waals surface area contributed by atoms with Crippen molar-refractivity contribution in [2.24, 2.45) is 0 Å². The zero-order valence-corrected chi connectivity index (χ0v) is 15.4. The van der Waals surface area contributed by atoms with Crippen molar-refractivity contribution in [2.45, 2.75) is 19.4 Å². The molecule has 1 saturated heterocycles. The number of hydrogen-bond acceptors (Lipinski definition) is 5. The first-order valence-electron chi connectivity index (χ1n) is 8.74. The zero-order chi connectivity index (χ0) is 19.9. The van der Waals surface area contributed by atoms with E-state index in [9.17, 15) is 14.4 Å². The lowest BCUT2D eigenvalue weighted by Crippen LogP contribution is -2.42. The first kappa shape index (κ1) is 17.7. The fourth-order valence-electron chi connectivity index (χ4n) is 3.44. The zero-order valence-electron chi connectivity index (χ0n) is 15.4. The second kappa shape index (κ2) is 6.49. The minimum absolute atomic E-state index is 0.228. The summed E-state index contributed by atoms with van der Waals surface area (Å²) in [5.74, 6) is -0.264. The number of nitrogens with zero attached hydrogens (tertiary/aromatic N) is 2. The molecule has 0 aliphatic carbocycles. The topological polar surface area (TPSA) is 105 Å². The van der Waals surface area contributed by atoms with Crippen LogP contribution >= 0.6 is 0 Å². The molecule has 1 unspecified atom stereocenters. The van der Waals surface area contributed by atoms with E-state index in [1.54, 1.807) is 19.9 Å². The fourth-order valence-corrected chi connectivity index (χ4v) is 3.44. The van der Waals surface area contributed by atoms with Crippen LogP contribution in [0.5, 0.6) is 0 Å². The summed E-state index contributed by atoms with van der Waals surface area (Å²) in [6, 6.07) is 14.1. The van der Waals surface area contributed by atoms with Crippen LogP contribution in [0.15, 0.2) is 53.1 Å². The first-order valence-corrected chi connectivity index (χ1v) is 8.74. The highest BCUT2D eigenvalue weighted by atomic mass is 16.5. The van der Waals surface area contributed by atoms with Crippen molar-refractivity contribution < 1.29 is 18.9 Å². The van der Waals surface area contributed by atoms with Gasteiger partial charge in [0.15, 0.2) is 5.82 Å². The van der Waals surface area contributed by atoms with Crippen molar-refractivity contribution in [3.8, 4) is 0 Å². The Bertz CT molecular complexity index is 1100. The van der Waals surface area contributed by atoms with E-state index in [0.717, 1.165) is 15.7 Å². The number of aromatic nitrogens is 1. The molecule has 1 atom stereocenters. The molecule has 0 saturated carbocycles. The summed E-state index contributed by atoms with van der Waals surface area (Å²) in [4.78, 5) is 38.8. The number of carbonyl (C=O) groups excluding carboxylic acids is 3. The fraction of sp³-hybridized carbons (Fsp3) is 0.200. The van der Waals surface area contributed by atoms with Crippen LogP contribution in [0.1, 0.15) is 18.2 Å². The SMILES string of the molecule is Cc1cc(NC(=O)CN2C(=O)NC(C)(c3cccc4ccccc34)C2=O)no1. The maximum atomic E-state index is 13.1. The van der Waals surface area contributed by atoms with Gasteiger partial charge in [0.05, 0.1) is 0 Å². The Hall–Kier alpha value is -3.68. The number of hydrogen-bond donors (Lipinski definition) is 2. The second-order valence-corrected chi connectivity index (χ2v) is 6.84. The highest BCUT2D eigenvalue weighted by Gasteiger charge is 2.50. The van der Waals surface area contributed by atoms with Crippen molar-refractivity contribution in [3.05, 3.63) is 59.9 Å². The highest BCUT2D eigenvalue weighted by Crippen LogP contribution is 2.33. The van der Waals surface area contributed by atoms with Gasteiger partial charge in [0.1, 0.15) is 17.8 Å². The van der Waals surface area contributed by atoms with E-state index in [2.05, 4.69) is 15.8 Å². The maximum absolute atomic E-state index is 13.1. The van der Waals surface area contributed by atoms with Crippen molar-refractivity contribution >= 4 is 34.4 Å². The van der Waals surface area contributed by atoms with Crippen LogP contribution in [-0.2, 0) is 15.1 Å². The quantitative estimate of drug-likeness (QED) is 0.679. The summed E-state index contributed by atoms with van der Waals surface area (Å²) in [5, 5.41) is 10.7. The minimum Gasteiger partial charge on any atom is -0.360 e. The number of aryl methyl sites for hydroxylation is 1. The Kier molecular flexibility index (Phi) is 4.11. The van der Waals surface area contributed by atoms with Gasteiger partial charge in [-0.1, -0.05) is 47.6 Å². The number of urea groups is 1. The third kappa shape index (κ3) is 2.88. The Morgan fingerprint density at radius 3 is 2.71 bits per heavy atom. The minimum atomic E-state index is -1.26. The molecule has 4 amide bonds. The molecular formula is C20H18N4O4. The lowest BCUT2D eigenvalue weighted by Gasteiger charge is -2.24. The van der Waals surface area contributed by atoms with Gasteiger partial charge in [0, 0.05) is 6.07 Å². The molecule has 3 aromatic rings. The molecule has 1 aliphatic rings. The Morgan fingerprint density at radius 2 is 1.96 bits per heavy atom. The average molecular weight is 378 g/mol. The van der Waals surface area contributed by atoms with Crippen molar-refractivity contribution in [2.75, 3.05) is 11.9 Å². The number of fused-ring (bicyclic) bond motifs is 1. The van der Waals surface area contributed by atoms with Crippen LogP contribution in [0, 0.1) is 6.92 Å². The lowest BCUT2D eigenvalue weighted by atomic mass is 9.88. The molecule has 1 fully saturated rings. The van der Waals surface area contributed by atoms with Crippen LogP contribution in [-0.4, -0.2) is 34.4 Å². The average Bonchev–Trinajstić information content (AvgIpc) is 3.17. The number of amides is 4. The third-order valence-corrected chi connectivity index (χ3v) is 4.80. The molecule has 28 heavy (non-hydrogen) atoms. The summed E-state index contributed by atoms with van der Waals surface area (Å²) in [6.45, 7) is 2.92. The summed E-state index contributed by atoms with van der Waals surface area (Å²) in [7, 11) is 0. The largest absolute Gasteiger partial charge is 0.360 e. The molecule has 1 aromatic heterocycles. The van der Waals surface area contributed by atoms with Gasteiger partial charge in [-0.3, -0.25) is 14.5 Å². The third-order valence-electron chi connectivity index (χ3n) is 4.80. The van der Waals surface area contributed by atoms with E-state index in [0.29, 0.717) is 11.3 Å². The summed E-state index contributed by atoms with van der Waals surface area (Å²) in [6.07, 6.45) is 0. The lowest BCUT2D eigenvalue weighted by molar-refractivity contribution is -0.133. The number of nitrogens with one attached hydrogen (secondary N) is 2. The molecule has 1 aliphatic heterocycles. The molecule has 2 heterocycles. The van der Waals surface area contributed by atoms with Crippen molar-refractivity contribution in [1.29, 1.82) is 0 Å². The Labute approximate surface area is 160 Å². The van der Waals surface area contributed by atoms with Gasteiger partial charge in [0.2, 0.25) is 5.91 Å². The van der Waals surface area contributed by atoms with E-state index in [4.69, 9.17) is 4.52 Å². The predicted molar refractivity (Wildman–Crippen MR) is 101 cm³/mol. The van der Waals surface area contributed by atoms with Crippen LogP contribution in [0.2, 0.25) is 0 Å². The van der Waals surface area contributed by atoms with E-state index >= 15 is 0 Å². The maximum Gasteiger partial charge on any atom is 0.325 e. The molecule has 2 N–H and O–H groups in total. The number of imide groups is 1. The van der Waals surface area contributed by atoms with Gasteiger partial charge in [-0.2, -0.15) is 0 Å². The number of rotatable bonds is 4.